The Bertz CT molecular complexity index is 3010. The summed E-state index contributed by atoms with van der Waals surface area (Å²) in [6, 6.07) is 72.4. The molecule has 0 aliphatic carbocycles. The second-order valence-electron chi connectivity index (χ2n) is 15.3. The van der Waals surface area contributed by atoms with Gasteiger partial charge in [-0.05, 0) is 123 Å². The van der Waals surface area contributed by atoms with Crippen molar-refractivity contribution >= 4 is 64.6 Å². The normalized spacial score (nSPS) is 11.8. The van der Waals surface area contributed by atoms with Crippen molar-refractivity contribution in [3.05, 3.63) is 205 Å². The number of fused-ring (bicyclic) bond motifs is 7. The summed E-state index contributed by atoms with van der Waals surface area (Å²) < 4.78 is 0. The minimum Gasteiger partial charge on any atom is -0.0616 e. The first kappa shape index (κ1) is 32.4. The summed E-state index contributed by atoms with van der Waals surface area (Å²) in [4.78, 5) is 0. The lowest BCUT2D eigenvalue weighted by molar-refractivity contribution is 1.47. The lowest BCUT2D eigenvalue weighted by Crippen LogP contribution is -1.93. The van der Waals surface area contributed by atoms with Crippen LogP contribution in [0.15, 0.2) is 194 Å². The van der Waals surface area contributed by atoms with Crippen LogP contribution in [0, 0.1) is 13.8 Å². The second kappa shape index (κ2) is 12.8. The predicted molar refractivity (Wildman–Crippen MR) is 243 cm³/mol. The van der Waals surface area contributed by atoms with Crippen molar-refractivity contribution in [3.8, 4) is 44.5 Å². The zero-order chi connectivity index (χ0) is 37.3. The summed E-state index contributed by atoms with van der Waals surface area (Å²) in [5, 5.41) is 15.3. The SMILES string of the molecule is Cc1ccc(-c2c3ccccc3c(-c3cccc4c3ccc3c(-c5c6ccccc6c(-c6ccc(C)cc6)c6ccccc56)cccc34)c3ccccc23)cc1. The topological polar surface area (TPSA) is 0 Å². The molecule has 0 N–H and O–H groups in total. The smallest absolute Gasteiger partial charge is 0.00201 e. The second-order valence-corrected chi connectivity index (χ2v) is 15.3. The van der Waals surface area contributed by atoms with E-state index in [2.05, 4.69) is 208 Å². The predicted octanol–water partition coefficient (Wildman–Crippen LogP) is 15.9. The molecule has 11 aromatic rings. The molecule has 0 aromatic heterocycles. The van der Waals surface area contributed by atoms with Gasteiger partial charge in [-0.25, -0.2) is 0 Å². The number of hydrogen-bond donors (Lipinski definition) is 0. The highest BCUT2D eigenvalue weighted by atomic mass is 14.2. The van der Waals surface area contributed by atoms with Gasteiger partial charge in [0.2, 0.25) is 0 Å². The highest BCUT2D eigenvalue weighted by Gasteiger charge is 2.21. The Morgan fingerprint density at radius 1 is 0.196 bits per heavy atom. The molecule has 56 heavy (non-hydrogen) atoms. The molecule has 0 aliphatic heterocycles. The molecular formula is C56H38. The molecule has 0 bridgehead atoms. The van der Waals surface area contributed by atoms with E-state index in [4.69, 9.17) is 0 Å². The molecule has 0 saturated heterocycles. The molecule has 0 radical (unpaired) electrons. The molecular weight excluding hydrogens is 673 g/mol. The van der Waals surface area contributed by atoms with Crippen molar-refractivity contribution in [1.82, 2.24) is 0 Å². The standard InChI is InChI=1S/C56H38/c1-35-25-29-37(30-26-35)53-45-13-3-7-17-49(45)55(50-18-8-4-14-46(50)53)43-23-11-21-39-40-22-12-24-44(42(40)34-33-41(39)43)56-51-19-9-5-15-47(51)54(38-31-27-36(2)28-32-38)48-16-6-10-20-52(48)56/h3-34H,1-2H3. The monoisotopic (exact) mass is 710 g/mol. The number of aryl methyl sites for hydroxylation is 2. The van der Waals surface area contributed by atoms with E-state index in [0.717, 1.165) is 0 Å². The van der Waals surface area contributed by atoms with Crippen LogP contribution in [-0.2, 0) is 0 Å². The van der Waals surface area contributed by atoms with E-state index >= 15 is 0 Å². The fourth-order valence-electron chi connectivity index (χ4n) is 9.46. The zero-order valence-electron chi connectivity index (χ0n) is 31.5. The molecule has 262 valence electrons. The molecule has 0 fully saturated rings. The van der Waals surface area contributed by atoms with E-state index in [1.54, 1.807) is 0 Å². The van der Waals surface area contributed by atoms with E-state index in [1.807, 2.05) is 0 Å². The Hall–Kier alpha value is -7.02. The summed E-state index contributed by atoms with van der Waals surface area (Å²) in [5.41, 5.74) is 12.7. The third kappa shape index (κ3) is 4.93. The van der Waals surface area contributed by atoms with Gasteiger partial charge in [0.1, 0.15) is 0 Å². The average Bonchev–Trinajstić information content (AvgIpc) is 3.25. The molecule has 0 nitrogen and oxygen atoms in total. The Labute approximate surface area is 326 Å². The van der Waals surface area contributed by atoms with Crippen molar-refractivity contribution in [2.45, 2.75) is 13.8 Å². The van der Waals surface area contributed by atoms with E-state index in [9.17, 15) is 0 Å². The summed E-state index contributed by atoms with van der Waals surface area (Å²) in [7, 11) is 0. The number of hydrogen-bond acceptors (Lipinski definition) is 0. The number of rotatable bonds is 4. The molecule has 0 heterocycles. The van der Waals surface area contributed by atoms with Gasteiger partial charge in [-0.15, -0.1) is 0 Å². The van der Waals surface area contributed by atoms with Crippen LogP contribution in [0.5, 0.6) is 0 Å². The van der Waals surface area contributed by atoms with E-state index < -0.39 is 0 Å². The van der Waals surface area contributed by atoms with Gasteiger partial charge in [-0.2, -0.15) is 0 Å². The summed E-state index contributed by atoms with van der Waals surface area (Å²) >= 11 is 0. The fourth-order valence-corrected chi connectivity index (χ4v) is 9.46. The minimum atomic E-state index is 1.25. The van der Waals surface area contributed by atoms with Gasteiger partial charge in [0.25, 0.3) is 0 Å². The molecule has 0 aliphatic rings. The van der Waals surface area contributed by atoms with Crippen molar-refractivity contribution in [1.29, 1.82) is 0 Å². The highest BCUT2D eigenvalue weighted by Crippen LogP contribution is 2.48. The van der Waals surface area contributed by atoms with Crippen LogP contribution in [0.1, 0.15) is 11.1 Å². The first-order valence-corrected chi connectivity index (χ1v) is 19.6. The molecule has 0 atom stereocenters. The lowest BCUT2D eigenvalue weighted by atomic mass is 9.83. The van der Waals surface area contributed by atoms with Gasteiger partial charge < -0.3 is 0 Å². The first-order valence-electron chi connectivity index (χ1n) is 19.6. The van der Waals surface area contributed by atoms with E-state index in [-0.39, 0.29) is 0 Å². The van der Waals surface area contributed by atoms with Gasteiger partial charge in [-0.3, -0.25) is 0 Å². The Kier molecular flexibility index (Phi) is 7.41. The first-order chi connectivity index (χ1) is 27.6. The van der Waals surface area contributed by atoms with E-state index in [0.29, 0.717) is 0 Å². The zero-order valence-corrected chi connectivity index (χ0v) is 31.5. The molecule has 0 saturated carbocycles. The van der Waals surface area contributed by atoms with Crippen LogP contribution in [0.2, 0.25) is 0 Å². The van der Waals surface area contributed by atoms with Crippen LogP contribution >= 0.6 is 0 Å². The molecule has 0 amide bonds. The van der Waals surface area contributed by atoms with Crippen molar-refractivity contribution < 1.29 is 0 Å². The van der Waals surface area contributed by atoms with Crippen molar-refractivity contribution in [2.24, 2.45) is 0 Å². The van der Waals surface area contributed by atoms with Crippen LogP contribution < -0.4 is 0 Å². The number of benzene rings is 11. The van der Waals surface area contributed by atoms with Crippen molar-refractivity contribution in [3.63, 3.8) is 0 Å². The molecule has 0 spiro atoms. The van der Waals surface area contributed by atoms with Crippen LogP contribution in [0.3, 0.4) is 0 Å². The molecule has 0 unspecified atom stereocenters. The van der Waals surface area contributed by atoms with E-state index in [1.165, 1.54) is 120 Å². The lowest BCUT2D eigenvalue weighted by Gasteiger charge is -2.20. The average molecular weight is 711 g/mol. The van der Waals surface area contributed by atoms with Crippen LogP contribution in [-0.4, -0.2) is 0 Å². The maximum absolute atomic E-state index is 2.37. The summed E-state index contributed by atoms with van der Waals surface area (Å²) in [6.45, 7) is 4.31. The molecule has 11 rings (SSSR count). The summed E-state index contributed by atoms with van der Waals surface area (Å²) in [6.07, 6.45) is 0. The third-order valence-corrected chi connectivity index (χ3v) is 12.0. The quantitative estimate of drug-likeness (QED) is 0.126. The van der Waals surface area contributed by atoms with Gasteiger partial charge in [0.15, 0.2) is 0 Å². The van der Waals surface area contributed by atoms with Crippen LogP contribution in [0.25, 0.3) is 109 Å². The minimum absolute atomic E-state index is 1.25. The van der Waals surface area contributed by atoms with Gasteiger partial charge >= 0.3 is 0 Å². The maximum atomic E-state index is 2.37. The maximum Gasteiger partial charge on any atom is -0.00201 e. The van der Waals surface area contributed by atoms with Gasteiger partial charge in [0.05, 0.1) is 0 Å². The van der Waals surface area contributed by atoms with Crippen molar-refractivity contribution in [2.75, 3.05) is 0 Å². The summed E-state index contributed by atoms with van der Waals surface area (Å²) in [5.74, 6) is 0. The van der Waals surface area contributed by atoms with Gasteiger partial charge in [0, 0.05) is 0 Å². The third-order valence-electron chi connectivity index (χ3n) is 12.0. The van der Waals surface area contributed by atoms with Crippen LogP contribution in [0.4, 0.5) is 0 Å². The van der Waals surface area contributed by atoms with Gasteiger partial charge in [-0.1, -0.05) is 205 Å². The fraction of sp³-hybridized carbons (Fsp3) is 0.0357. The largest absolute Gasteiger partial charge is 0.0616 e. The molecule has 0 heteroatoms. The Morgan fingerprint density at radius 2 is 0.464 bits per heavy atom. The Balaban J connectivity index is 1.19. The Morgan fingerprint density at radius 3 is 0.768 bits per heavy atom. The molecule has 11 aromatic carbocycles. The highest BCUT2D eigenvalue weighted by molar-refractivity contribution is 6.27.